The van der Waals surface area contributed by atoms with Crippen LogP contribution in [-0.4, -0.2) is 12.7 Å². The van der Waals surface area contributed by atoms with E-state index in [-0.39, 0.29) is 0 Å². The second-order valence-corrected chi connectivity index (χ2v) is 3.36. The van der Waals surface area contributed by atoms with Crippen molar-refractivity contribution in [2.75, 3.05) is 6.61 Å². The molecule has 0 saturated heterocycles. The molecule has 66 valence electrons. The summed E-state index contributed by atoms with van der Waals surface area (Å²) in [6.45, 7) is 6.76. The van der Waals surface area contributed by atoms with E-state index in [1.54, 1.807) is 0 Å². The first-order valence-corrected chi connectivity index (χ1v) is 3.94. The Hall–Kier alpha value is -0.730. The van der Waals surface area contributed by atoms with Gasteiger partial charge in [0.2, 0.25) is 0 Å². The number of primary amides is 1. The molecule has 0 spiro atoms. The Morgan fingerprint density at radius 2 is 2.00 bits per heavy atom. The molecule has 3 heteroatoms. The van der Waals surface area contributed by atoms with Crippen LogP contribution in [-0.2, 0) is 4.74 Å². The molecule has 0 radical (unpaired) electrons. The van der Waals surface area contributed by atoms with Crippen molar-refractivity contribution in [2.24, 2.45) is 17.6 Å². The predicted molar refractivity (Wildman–Crippen MR) is 44.2 cm³/mol. The molecule has 1 atom stereocenters. The summed E-state index contributed by atoms with van der Waals surface area (Å²) in [7, 11) is 0. The fourth-order valence-electron chi connectivity index (χ4n) is 1.10. The summed E-state index contributed by atoms with van der Waals surface area (Å²) < 4.78 is 4.64. The molecule has 1 unspecified atom stereocenters. The van der Waals surface area contributed by atoms with Crippen LogP contribution in [0.1, 0.15) is 27.2 Å². The smallest absolute Gasteiger partial charge is 0.404 e. The number of nitrogens with two attached hydrogens (primary N) is 1. The van der Waals surface area contributed by atoms with Gasteiger partial charge in [-0.2, -0.15) is 0 Å². The molecule has 0 aliphatic carbocycles. The summed E-state index contributed by atoms with van der Waals surface area (Å²) in [5, 5.41) is 0. The fraction of sp³-hybridized carbons (Fsp3) is 0.875. The number of rotatable bonds is 4. The van der Waals surface area contributed by atoms with Gasteiger partial charge in [0.05, 0.1) is 6.61 Å². The van der Waals surface area contributed by atoms with Gasteiger partial charge in [-0.3, -0.25) is 0 Å². The van der Waals surface area contributed by atoms with E-state index in [0.29, 0.717) is 18.4 Å². The standard InChI is InChI=1S/C8H17NO2/c1-6(2)4-7(3)5-11-8(9)10/h6-7H,4-5H2,1-3H3,(H2,9,10). The molecule has 0 aliphatic rings. The summed E-state index contributed by atoms with van der Waals surface area (Å²) >= 11 is 0. The third kappa shape index (κ3) is 7.16. The SMILES string of the molecule is CC(C)CC(C)COC(N)=O. The number of amides is 1. The molecule has 2 N–H and O–H groups in total. The Morgan fingerprint density at radius 3 is 2.36 bits per heavy atom. The van der Waals surface area contributed by atoms with Crippen LogP contribution in [0.15, 0.2) is 0 Å². The van der Waals surface area contributed by atoms with E-state index in [9.17, 15) is 4.79 Å². The highest BCUT2D eigenvalue weighted by atomic mass is 16.5. The number of carbonyl (C=O) groups excluding carboxylic acids is 1. The first-order chi connectivity index (χ1) is 5.02. The van der Waals surface area contributed by atoms with Crippen LogP contribution in [0.3, 0.4) is 0 Å². The molecule has 11 heavy (non-hydrogen) atoms. The van der Waals surface area contributed by atoms with Crippen molar-refractivity contribution >= 4 is 6.09 Å². The van der Waals surface area contributed by atoms with Crippen LogP contribution in [0.5, 0.6) is 0 Å². The van der Waals surface area contributed by atoms with Crippen LogP contribution in [0.25, 0.3) is 0 Å². The van der Waals surface area contributed by atoms with E-state index in [1.165, 1.54) is 0 Å². The fourth-order valence-corrected chi connectivity index (χ4v) is 1.10. The van der Waals surface area contributed by atoms with Gasteiger partial charge in [-0.15, -0.1) is 0 Å². The summed E-state index contributed by atoms with van der Waals surface area (Å²) in [5.41, 5.74) is 4.81. The van der Waals surface area contributed by atoms with Gasteiger partial charge in [0, 0.05) is 0 Å². The Balaban J connectivity index is 3.37. The number of ether oxygens (including phenoxy) is 1. The van der Waals surface area contributed by atoms with E-state index in [4.69, 9.17) is 5.73 Å². The Bertz CT molecular complexity index is 123. The third-order valence-corrected chi connectivity index (χ3v) is 1.38. The van der Waals surface area contributed by atoms with E-state index >= 15 is 0 Å². The lowest BCUT2D eigenvalue weighted by molar-refractivity contribution is 0.134. The van der Waals surface area contributed by atoms with Crippen molar-refractivity contribution in [1.29, 1.82) is 0 Å². The van der Waals surface area contributed by atoms with Crippen molar-refractivity contribution in [3.63, 3.8) is 0 Å². The van der Waals surface area contributed by atoms with Gasteiger partial charge < -0.3 is 10.5 Å². The predicted octanol–water partition coefficient (Wildman–Crippen LogP) is 1.76. The average molecular weight is 159 g/mol. The summed E-state index contributed by atoms with van der Waals surface area (Å²) in [4.78, 5) is 10.2. The number of hydrogen-bond donors (Lipinski definition) is 1. The molecule has 0 aromatic heterocycles. The molecule has 0 heterocycles. The Labute approximate surface area is 67.9 Å². The zero-order valence-corrected chi connectivity index (χ0v) is 7.46. The highest BCUT2D eigenvalue weighted by molar-refractivity contribution is 5.64. The van der Waals surface area contributed by atoms with Crippen LogP contribution < -0.4 is 5.73 Å². The number of carbonyl (C=O) groups is 1. The maximum atomic E-state index is 10.2. The van der Waals surface area contributed by atoms with Crippen LogP contribution in [0.2, 0.25) is 0 Å². The normalized spacial score (nSPS) is 13.1. The van der Waals surface area contributed by atoms with E-state index in [2.05, 4.69) is 18.6 Å². The molecule has 0 rings (SSSR count). The van der Waals surface area contributed by atoms with Crippen molar-refractivity contribution in [3.05, 3.63) is 0 Å². The lowest BCUT2D eigenvalue weighted by atomic mass is 10.00. The van der Waals surface area contributed by atoms with Crippen molar-refractivity contribution < 1.29 is 9.53 Å². The summed E-state index contributed by atoms with van der Waals surface area (Å²) in [6, 6.07) is 0. The zero-order valence-electron chi connectivity index (χ0n) is 7.46. The molecular formula is C8H17NO2. The third-order valence-electron chi connectivity index (χ3n) is 1.38. The summed E-state index contributed by atoms with van der Waals surface area (Å²) in [5.74, 6) is 1.05. The minimum atomic E-state index is -0.680. The monoisotopic (exact) mass is 159 g/mol. The molecule has 0 fully saturated rings. The van der Waals surface area contributed by atoms with Gasteiger partial charge in [0.1, 0.15) is 0 Å². The Kier molecular flexibility index (Phi) is 4.66. The average Bonchev–Trinajstić information content (AvgIpc) is 1.82. The zero-order chi connectivity index (χ0) is 8.85. The molecule has 0 bridgehead atoms. The second kappa shape index (κ2) is 4.99. The van der Waals surface area contributed by atoms with E-state index in [0.717, 1.165) is 6.42 Å². The van der Waals surface area contributed by atoms with Crippen molar-refractivity contribution in [3.8, 4) is 0 Å². The quantitative estimate of drug-likeness (QED) is 0.679. The van der Waals surface area contributed by atoms with Crippen LogP contribution in [0.4, 0.5) is 4.79 Å². The minimum Gasteiger partial charge on any atom is -0.449 e. The van der Waals surface area contributed by atoms with Crippen LogP contribution in [0, 0.1) is 11.8 Å². The molecular weight excluding hydrogens is 142 g/mol. The van der Waals surface area contributed by atoms with E-state index < -0.39 is 6.09 Å². The van der Waals surface area contributed by atoms with Crippen LogP contribution >= 0.6 is 0 Å². The lowest BCUT2D eigenvalue weighted by Crippen LogP contribution is -2.18. The minimum absolute atomic E-state index is 0.405. The van der Waals surface area contributed by atoms with Gasteiger partial charge in [0.15, 0.2) is 0 Å². The second-order valence-electron chi connectivity index (χ2n) is 3.36. The lowest BCUT2D eigenvalue weighted by Gasteiger charge is -2.12. The first-order valence-electron chi connectivity index (χ1n) is 3.94. The molecule has 0 aliphatic heterocycles. The Morgan fingerprint density at radius 1 is 1.45 bits per heavy atom. The van der Waals surface area contributed by atoms with E-state index in [1.807, 2.05) is 6.92 Å². The largest absolute Gasteiger partial charge is 0.449 e. The topological polar surface area (TPSA) is 52.3 Å². The highest BCUT2D eigenvalue weighted by Crippen LogP contribution is 2.10. The maximum Gasteiger partial charge on any atom is 0.404 e. The number of hydrogen-bond acceptors (Lipinski definition) is 2. The summed E-state index contributed by atoms with van der Waals surface area (Å²) in [6.07, 6.45) is 0.383. The van der Waals surface area contributed by atoms with Crippen molar-refractivity contribution in [2.45, 2.75) is 27.2 Å². The van der Waals surface area contributed by atoms with Gasteiger partial charge in [-0.25, -0.2) is 4.79 Å². The maximum absolute atomic E-state index is 10.2. The van der Waals surface area contributed by atoms with Gasteiger partial charge in [-0.1, -0.05) is 20.8 Å². The molecule has 0 saturated carbocycles. The van der Waals surface area contributed by atoms with Gasteiger partial charge in [-0.05, 0) is 18.3 Å². The molecule has 3 nitrogen and oxygen atoms in total. The highest BCUT2D eigenvalue weighted by Gasteiger charge is 2.06. The first kappa shape index (κ1) is 10.3. The molecule has 0 aromatic carbocycles. The van der Waals surface area contributed by atoms with Crippen molar-refractivity contribution in [1.82, 2.24) is 0 Å². The molecule has 1 amide bonds. The van der Waals surface area contributed by atoms with Gasteiger partial charge >= 0.3 is 6.09 Å². The van der Waals surface area contributed by atoms with Gasteiger partial charge in [0.25, 0.3) is 0 Å². The molecule has 0 aromatic rings.